The van der Waals surface area contributed by atoms with E-state index in [-0.39, 0.29) is 5.56 Å². The molecule has 0 spiro atoms. The molecule has 1 atom stereocenters. The van der Waals surface area contributed by atoms with Crippen molar-refractivity contribution in [3.05, 3.63) is 65.2 Å². The number of aromatic carboxylic acids is 1. The zero-order valence-electron chi connectivity index (χ0n) is 13.6. The van der Waals surface area contributed by atoms with E-state index in [0.717, 1.165) is 11.1 Å². The highest BCUT2D eigenvalue weighted by atomic mass is 16.5. The molecular weight excluding hydrogens is 306 g/mol. The number of carbonyl (C=O) groups is 1. The number of benzene rings is 2. The first-order valence-corrected chi connectivity index (χ1v) is 7.95. The monoisotopic (exact) mass is 327 g/mol. The second-order valence-electron chi connectivity index (χ2n) is 6.30. The van der Waals surface area contributed by atoms with E-state index in [1.165, 1.54) is 0 Å². The number of aliphatic hydroxyl groups is 1. The molecule has 1 heterocycles. The third kappa shape index (κ3) is 3.42. The van der Waals surface area contributed by atoms with Gasteiger partial charge in [-0.2, -0.15) is 0 Å². The maximum atomic E-state index is 11.3. The van der Waals surface area contributed by atoms with E-state index >= 15 is 0 Å². The lowest BCUT2D eigenvalue weighted by Gasteiger charge is -2.31. The lowest BCUT2D eigenvalue weighted by Crippen LogP contribution is -2.39. The van der Waals surface area contributed by atoms with Crippen molar-refractivity contribution in [3.8, 4) is 5.75 Å². The van der Waals surface area contributed by atoms with Crippen LogP contribution < -0.4 is 4.74 Å². The van der Waals surface area contributed by atoms with Gasteiger partial charge in [0.25, 0.3) is 0 Å². The molecule has 0 radical (unpaired) electrons. The highest BCUT2D eigenvalue weighted by Gasteiger charge is 2.28. The Balaban J connectivity index is 1.82. The number of carboxylic acids is 1. The highest BCUT2D eigenvalue weighted by Crippen LogP contribution is 2.29. The minimum atomic E-state index is -0.990. The van der Waals surface area contributed by atoms with Gasteiger partial charge >= 0.3 is 5.97 Å². The minimum Gasteiger partial charge on any atom is -0.491 e. The molecule has 2 aromatic carbocycles. The molecule has 0 saturated carbocycles. The van der Waals surface area contributed by atoms with Crippen molar-refractivity contribution in [1.29, 1.82) is 0 Å². The maximum absolute atomic E-state index is 11.3. The molecule has 0 aromatic heterocycles. The lowest BCUT2D eigenvalue weighted by atomic mass is 9.95. The van der Waals surface area contributed by atoms with Gasteiger partial charge in [0.2, 0.25) is 0 Å². The minimum absolute atomic E-state index is 0.184. The number of fused-ring (bicyclic) bond motifs is 1. The van der Waals surface area contributed by atoms with Crippen molar-refractivity contribution < 1.29 is 19.7 Å². The summed E-state index contributed by atoms with van der Waals surface area (Å²) in [7, 11) is 0. The first-order valence-electron chi connectivity index (χ1n) is 7.95. The summed E-state index contributed by atoms with van der Waals surface area (Å²) >= 11 is 0. The van der Waals surface area contributed by atoms with E-state index < -0.39 is 11.6 Å². The molecule has 1 aliphatic rings. The van der Waals surface area contributed by atoms with Crippen LogP contribution in [0.2, 0.25) is 0 Å². The molecule has 2 N–H and O–H groups in total. The van der Waals surface area contributed by atoms with Gasteiger partial charge in [-0.3, -0.25) is 4.90 Å². The van der Waals surface area contributed by atoms with Crippen LogP contribution in [0.15, 0.2) is 48.5 Å². The summed E-state index contributed by atoms with van der Waals surface area (Å²) < 4.78 is 5.69. The number of hydrogen-bond donors (Lipinski definition) is 2. The van der Waals surface area contributed by atoms with E-state index in [9.17, 15) is 15.0 Å². The molecule has 0 fully saturated rings. The number of para-hydroxylation sites is 1. The number of rotatable bonds is 4. The fraction of sp³-hybridized carbons (Fsp3) is 0.316. The normalized spacial score (nSPS) is 17.2. The Kier molecular flexibility index (Phi) is 4.55. The fourth-order valence-electron chi connectivity index (χ4n) is 3.10. The Bertz CT molecular complexity index is 727. The first-order chi connectivity index (χ1) is 11.5. The molecule has 0 aliphatic carbocycles. The Morgan fingerprint density at radius 1 is 1.21 bits per heavy atom. The van der Waals surface area contributed by atoms with Crippen LogP contribution in [0.3, 0.4) is 0 Å². The van der Waals surface area contributed by atoms with E-state index in [4.69, 9.17) is 4.74 Å². The van der Waals surface area contributed by atoms with Crippen LogP contribution in [0.25, 0.3) is 0 Å². The largest absolute Gasteiger partial charge is 0.491 e. The van der Waals surface area contributed by atoms with Crippen LogP contribution in [-0.4, -0.2) is 40.8 Å². The quantitative estimate of drug-likeness (QED) is 0.903. The van der Waals surface area contributed by atoms with Crippen LogP contribution in [0.1, 0.15) is 28.4 Å². The topological polar surface area (TPSA) is 70.0 Å². The van der Waals surface area contributed by atoms with E-state index in [2.05, 4.69) is 4.90 Å². The molecule has 0 bridgehead atoms. The number of nitrogens with zero attached hydrogens (tertiary/aromatic N) is 1. The molecule has 0 saturated heterocycles. The average molecular weight is 327 g/mol. The number of carboxylic acid groups (broad SMARTS) is 1. The molecule has 5 heteroatoms. The SMILES string of the molecule is CC(O)(CN1CCOc2c(cccc2C(=O)O)C1)c1ccccc1. The Morgan fingerprint density at radius 3 is 2.67 bits per heavy atom. The van der Waals surface area contributed by atoms with E-state index in [0.29, 0.717) is 32.0 Å². The summed E-state index contributed by atoms with van der Waals surface area (Å²) in [5.41, 5.74) is 0.881. The summed E-state index contributed by atoms with van der Waals surface area (Å²) in [5.74, 6) is -0.552. The molecule has 1 unspecified atom stereocenters. The van der Waals surface area contributed by atoms with Crippen LogP contribution in [0.4, 0.5) is 0 Å². The summed E-state index contributed by atoms with van der Waals surface area (Å²) in [4.78, 5) is 13.4. The third-order valence-electron chi connectivity index (χ3n) is 4.30. The molecular formula is C19H21NO4. The predicted molar refractivity (Wildman–Crippen MR) is 90.2 cm³/mol. The van der Waals surface area contributed by atoms with Crippen molar-refractivity contribution in [2.45, 2.75) is 19.1 Å². The van der Waals surface area contributed by atoms with Gasteiger partial charge in [0.15, 0.2) is 0 Å². The van der Waals surface area contributed by atoms with Gasteiger partial charge in [-0.1, -0.05) is 42.5 Å². The van der Waals surface area contributed by atoms with Gasteiger partial charge in [0.05, 0.1) is 5.60 Å². The van der Waals surface area contributed by atoms with Crippen molar-refractivity contribution >= 4 is 5.97 Å². The summed E-state index contributed by atoms with van der Waals surface area (Å²) in [6.45, 7) is 3.79. The number of hydrogen-bond acceptors (Lipinski definition) is 4. The number of ether oxygens (including phenoxy) is 1. The summed E-state index contributed by atoms with van der Waals surface area (Å²) in [6.07, 6.45) is 0. The molecule has 24 heavy (non-hydrogen) atoms. The second kappa shape index (κ2) is 6.63. The smallest absolute Gasteiger partial charge is 0.339 e. The average Bonchev–Trinajstić information content (AvgIpc) is 2.76. The predicted octanol–water partition coefficient (Wildman–Crippen LogP) is 2.49. The van der Waals surface area contributed by atoms with E-state index in [1.807, 2.05) is 36.4 Å². The second-order valence-corrected chi connectivity index (χ2v) is 6.30. The fourth-order valence-corrected chi connectivity index (χ4v) is 3.10. The van der Waals surface area contributed by atoms with Crippen LogP contribution in [0.5, 0.6) is 5.75 Å². The molecule has 126 valence electrons. The van der Waals surface area contributed by atoms with Gasteiger partial charge in [-0.25, -0.2) is 4.79 Å². The van der Waals surface area contributed by atoms with Gasteiger partial charge < -0.3 is 14.9 Å². The number of β-amino-alcohol motifs (C(OH)–C–C–N with tert-alkyl or cyclic N) is 1. The Labute approximate surface area is 141 Å². The van der Waals surface area contributed by atoms with E-state index in [1.54, 1.807) is 19.1 Å². The molecule has 0 amide bonds. The van der Waals surface area contributed by atoms with Crippen LogP contribution in [0, 0.1) is 0 Å². The summed E-state index contributed by atoms with van der Waals surface area (Å²) in [6, 6.07) is 14.7. The van der Waals surface area contributed by atoms with Gasteiger partial charge in [-0.15, -0.1) is 0 Å². The highest BCUT2D eigenvalue weighted by molar-refractivity contribution is 5.91. The van der Waals surface area contributed by atoms with Gasteiger partial charge in [0.1, 0.15) is 17.9 Å². The van der Waals surface area contributed by atoms with Crippen LogP contribution >= 0.6 is 0 Å². The van der Waals surface area contributed by atoms with Crippen molar-refractivity contribution in [2.75, 3.05) is 19.7 Å². The molecule has 2 aromatic rings. The first kappa shape index (κ1) is 16.5. The van der Waals surface area contributed by atoms with Crippen molar-refractivity contribution in [1.82, 2.24) is 4.90 Å². The Morgan fingerprint density at radius 2 is 1.96 bits per heavy atom. The van der Waals surface area contributed by atoms with Gasteiger partial charge in [-0.05, 0) is 18.6 Å². The van der Waals surface area contributed by atoms with Gasteiger partial charge in [0, 0.05) is 25.2 Å². The maximum Gasteiger partial charge on any atom is 0.339 e. The molecule has 5 nitrogen and oxygen atoms in total. The van der Waals surface area contributed by atoms with Crippen molar-refractivity contribution in [2.24, 2.45) is 0 Å². The zero-order valence-corrected chi connectivity index (χ0v) is 13.6. The van der Waals surface area contributed by atoms with Crippen LogP contribution in [-0.2, 0) is 12.1 Å². The molecule has 3 rings (SSSR count). The summed E-state index contributed by atoms with van der Waals surface area (Å²) in [5, 5.41) is 20.1. The molecule has 1 aliphatic heterocycles. The Hall–Kier alpha value is -2.37. The van der Waals surface area contributed by atoms with Crippen molar-refractivity contribution in [3.63, 3.8) is 0 Å². The third-order valence-corrected chi connectivity index (χ3v) is 4.30. The lowest BCUT2D eigenvalue weighted by molar-refractivity contribution is 0.0122. The zero-order chi connectivity index (χ0) is 17.2. The standard InChI is InChI=1S/C19H21NO4/c1-19(23,15-7-3-2-4-8-15)13-20-10-11-24-17-14(12-20)6-5-9-16(17)18(21)22/h2-9,23H,10-13H2,1H3,(H,21,22).